The number of carbonyl (C=O) groups excluding carboxylic acids is 1. The fourth-order valence-corrected chi connectivity index (χ4v) is 4.90. The summed E-state index contributed by atoms with van der Waals surface area (Å²) in [5.41, 5.74) is 6.27. The summed E-state index contributed by atoms with van der Waals surface area (Å²) in [7, 11) is 0. The first-order chi connectivity index (χ1) is 10.0. The van der Waals surface area contributed by atoms with Gasteiger partial charge >= 0.3 is 0 Å². The predicted octanol–water partition coefficient (Wildman–Crippen LogP) is 1.97. The van der Waals surface area contributed by atoms with Crippen molar-refractivity contribution in [2.45, 2.75) is 45.6 Å². The van der Waals surface area contributed by atoms with Crippen molar-refractivity contribution >= 4 is 18.3 Å². The zero-order valence-electron chi connectivity index (χ0n) is 14.0. The van der Waals surface area contributed by atoms with E-state index in [-0.39, 0.29) is 12.4 Å². The molecule has 0 aromatic heterocycles. The van der Waals surface area contributed by atoms with Crippen LogP contribution in [0.3, 0.4) is 0 Å². The summed E-state index contributed by atoms with van der Waals surface area (Å²) in [6.45, 7) is 9.16. The van der Waals surface area contributed by atoms with Crippen molar-refractivity contribution in [3.8, 4) is 0 Å². The molecular formula is C17H32ClN3O. The Balaban J connectivity index is 0.00000176. The molecule has 0 aromatic rings. The second-order valence-electron chi connectivity index (χ2n) is 7.96. The lowest BCUT2D eigenvalue weighted by Gasteiger charge is -2.36. The van der Waals surface area contributed by atoms with Crippen LogP contribution in [0.5, 0.6) is 0 Å². The topological polar surface area (TPSA) is 49.6 Å². The summed E-state index contributed by atoms with van der Waals surface area (Å²) >= 11 is 0. The van der Waals surface area contributed by atoms with Gasteiger partial charge in [0.1, 0.15) is 0 Å². The lowest BCUT2D eigenvalue weighted by molar-refractivity contribution is -0.134. The Bertz CT molecular complexity index is 382. The molecule has 0 aromatic carbocycles. The average molecular weight is 330 g/mol. The number of likely N-dealkylation sites (tertiary alicyclic amines) is 2. The van der Waals surface area contributed by atoms with E-state index in [1.807, 2.05) is 0 Å². The van der Waals surface area contributed by atoms with Crippen LogP contribution in [0.4, 0.5) is 0 Å². The number of hydrogen-bond donors (Lipinski definition) is 1. The standard InChI is InChI=1S/C17H31N3O.ClH/c1-12-6-13(2)8-20(7-12)17(21)11-19-9-14-4-3-5-16(18)15(14)10-19;/h12-16H,3-11,18H2,1-2H3;1H. The molecule has 5 heteroatoms. The van der Waals surface area contributed by atoms with Gasteiger partial charge in [-0.15, -0.1) is 12.4 Å². The van der Waals surface area contributed by atoms with E-state index in [2.05, 4.69) is 23.6 Å². The highest BCUT2D eigenvalue weighted by atomic mass is 35.5. The molecule has 2 saturated heterocycles. The minimum Gasteiger partial charge on any atom is -0.341 e. The van der Waals surface area contributed by atoms with Gasteiger partial charge in [0.15, 0.2) is 0 Å². The van der Waals surface area contributed by atoms with Gasteiger partial charge in [0.2, 0.25) is 5.91 Å². The van der Waals surface area contributed by atoms with Crippen molar-refractivity contribution in [2.75, 3.05) is 32.7 Å². The summed E-state index contributed by atoms with van der Waals surface area (Å²) < 4.78 is 0. The maximum Gasteiger partial charge on any atom is 0.236 e. The number of amides is 1. The van der Waals surface area contributed by atoms with Gasteiger partial charge in [0, 0.05) is 32.2 Å². The van der Waals surface area contributed by atoms with E-state index in [4.69, 9.17) is 5.73 Å². The van der Waals surface area contributed by atoms with Crippen LogP contribution in [0.25, 0.3) is 0 Å². The summed E-state index contributed by atoms with van der Waals surface area (Å²) in [6.07, 6.45) is 5.00. The maximum atomic E-state index is 12.6. The van der Waals surface area contributed by atoms with Crippen molar-refractivity contribution in [3.63, 3.8) is 0 Å². The van der Waals surface area contributed by atoms with Crippen LogP contribution in [0.15, 0.2) is 0 Å². The lowest BCUT2D eigenvalue weighted by Crippen LogP contribution is -2.46. The molecule has 2 N–H and O–H groups in total. The highest BCUT2D eigenvalue weighted by Gasteiger charge is 2.39. The molecule has 0 spiro atoms. The second-order valence-corrected chi connectivity index (χ2v) is 7.96. The fourth-order valence-electron chi connectivity index (χ4n) is 4.90. The molecule has 1 saturated carbocycles. The van der Waals surface area contributed by atoms with Gasteiger partial charge in [-0.2, -0.15) is 0 Å². The van der Waals surface area contributed by atoms with Crippen LogP contribution in [0.1, 0.15) is 39.5 Å². The molecule has 3 fully saturated rings. The van der Waals surface area contributed by atoms with E-state index in [1.165, 1.54) is 25.7 Å². The van der Waals surface area contributed by atoms with E-state index >= 15 is 0 Å². The Labute approximate surface area is 141 Å². The Hall–Kier alpha value is -0.320. The smallest absolute Gasteiger partial charge is 0.236 e. The molecule has 2 aliphatic heterocycles. The molecule has 5 unspecified atom stereocenters. The summed E-state index contributed by atoms with van der Waals surface area (Å²) in [5, 5.41) is 0. The van der Waals surface area contributed by atoms with Gasteiger partial charge < -0.3 is 10.6 Å². The molecule has 22 heavy (non-hydrogen) atoms. The Morgan fingerprint density at radius 1 is 1.09 bits per heavy atom. The van der Waals surface area contributed by atoms with Gasteiger partial charge in [-0.05, 0) is 42.9 Å². The minimum atomic E-state index is 0. The summed E-state index contributed by atoms with van der Waals surface area (Å²) in [4.78, 5) is 17.1. The van der Waals surface area contributed by atoms with E-state index in [1.54, 1.807) is 0 Å². The first-order valence-electron chi connectivity index (χ1n) is 8.78. The van der Waals surface area contributed by atoms with Crippen LogP contribution in [-0.2, 0) is 4.79 Å². The van der Waals surface area contributed by atoms with Crippen molar-refractivity contribution in [2.24, 2.45) is 29.4 Å². The van der Waals surface area contributed by atoms with Crippen LogP contribution < -0.4 is 5.73 Å². The molecule has 0 bridgehead atoms. The second kappa shape index (κ2) is 7.50. The molecule has 5 atom stereocenters. The maximum absolute atomic E-state index is 12.6. The molecule has 1 amide bonds. The third-order valence-electron chi connectivity index (χ3n) is 5.81. The first-order valence-corrected chi connectivity index (χ1v) is 8.78. The Morgan fingerprint density at radius 3 is 2.41 bits per heavy atom. The highest BCUT2D eigenvalue weighted by Crippen LogP contribution is 2.35. The predicted molar refractivity (Wildman–Crippen MR) is 92.0 cm³/mol. The number of fused-ring (bicyclic) bond motifs is 1. The number of carbonyl (C=O) groups is 1. The fraction of sp³-hybridized carbons (Fsp3) is 0.941. The number of hydrogen-bond acceptors (Lipinski definition) is 3. The van der Waals surface area contributed by atoms with E-state index in [9.17, 15) is 4.79 Å². The van der Waals surface area contributed by atoms with Gasteiger partial charge in [0.25, 0.3) is 0 Å². The van der Waals surface area contributed by atoms with Crippen molar-refractivity contribution in [1.82, 2.24) is 9.80 Å². The van der Waals surface area contributed by atoms with Crippen LogP contribution in [-0.4, -0.2) is 54.5 Å². The number of nitrogens with zero attached hydrogens (tertiary/aromatic N) is 2. The van der Waals surface area contributed by atoms with Gasteiger partial charge in [-0.25, -0.2) is 0 Å². The molecule has 0 radical (unpaired) electrons. The Morgan fingerprint density at radius 2 is 1.77 bits per heavy atom. The average Bonchev–Trinajstić information content (AvgIpc) is 2.81. The van der Waals surface area contributed by atoms with Gasteiger partial charge in [0.05, 0.1) is 6.54 Å². The van der Waals surface area contributed by atoms with E-state index in [0.29, 0.717) is 36.2 Å². The van der Waals surface area contributed by atoms with Crippen molar-refractivity contribution in [1.29, 1.82) is 0 Å². The molecule has 2 heterocycles. The number of halogens is 1. The van der Waals surface area contributed by atoms with Gasteiger partial charge in [-0.1, -0.05) is 20.3 Å². The summed E-state index contributed by atoms with van der Waals surface area (Å²) in [6, 6.07) is 0.360. The molecule has 4 nitrogen and oxygen atoms in total. The quantitative estimate of drug-likeness (QED) is 0.842. The normalized spacial score (nSPS) is 39.2. The van der Waals surface area contributed by atoms with Crippen molar-refractivity contribution < 1.29 is 4.79 Å². The molecular weight excluding hydrogens is 298 g/mol. The minimum absolute atomic E-state index is 0. The largest absolute Gasteiger partial charge is 0.341 e. The third kappa shape index (κ3) is 3.95. The SMILES string of the molecule is CC1CC(C)CN(C(=O)CN2CC3CCCC(N)C3C2)C1.Cl. The van der Waals surface area contributed by atoms with Crippen LogP contribution >= 0.6 is 12.4 Å². The number of rotatable bonds is 2. The zero-order chi connectivity index (χ0) is 15.0. The summed E-state index contributed by atoms with van der Waals surface area (Å²) in [5.74, 6) is 2.99. The molecule has 3 rings (SSSR count). The zero-order valence-corrected chi connectivity index (χ0v) is 14.9. The van der Waals surface area contributed by atoms with Gasteiger partial charge in [-0.3, -0.25) is 9.69 Å². The number of piperidine rings is 1. The molecule has 1 aliphatic carbocycles. The molecule has 3 aliphatic rings. The lowest BCUT2D eigenvalue weighted by atomic mass is 9.78. The Kier molecular flexibility index (Phi) is 6.14. The molecule has 128 valence electrons. The van der Waals surface area contributed by atoms with Crippen molar-refractivity contribution in [3.05, 3.63) is 0 Å². The van der Waals surface area contributed by atoms with Crippen LogP contribution in [0.2, 0.25) is 0 Å². The van der Waals surface area contributed by atoms with E-state index < -0.39 is 0 Å². The monoisotopic (exact) mass is 329 g/mol. The highest BCUT2D eigenvalue weighted by molar-refractivity contribution is 5.85. The van der Waals surface area contributed by atoms with Crippen LogP contribution in [0, 0.1) is 23.7 Å². The third-order valence-corrected chi connectivity index (χ3v) is 5.81. The van der Waals surface area contributed by atoms with E-state index in [0.717, 1.165) is 32.1 Å². The first kappa shape index (κ1) is 18.0. The number of nitrogens with two attached hydrogens (primary N) is 1.